The summed E-state index contributed by atoms with van der Waals surface area (Å²) >= 11 is 0. The van der Waals surface area contributed by atoms with E-state index in [1.54, 1.807) is 0 Å². The van der Waals surface area contributed by atoms with Crippen molar-refractivity contribution in [3.05, 3.63) is 12.2 Å². The van der Waals surface area contributed by atoms with Gasteiger partial charge < -0.3 is 25.2 Å². The van der Waals surface area contributed by atoms with Crippen LogP contribution in [0.1, 0.15) is 187 Å². The second-order valence-electron chi connectivity index (χ2n) is 13.8. The van der Waals surface area contributed by atoms with Gasteiger partial charge in [-0.15, -0.1) is 0 Å². The van der Waals surface area contributed by atoms with Crippen molar-refractivity contribution >= 4 is 25.7 Å². The highest BCUT2D eigenvalue weighted by Gasteiger charge is 2.28. The Hall–Kier alpha value is -1.78. The molecule has 0 radical (unpaired) electrons. The summed E-state index contributed by atoms with van der Waals surface area (Å²) in [4.78, 5) is 45.5. The predicted molar refractivity (Wildman–Crippen MR) is 203 cm³/mol. The Bertz CT molecular complexity index is 932. The predicted octanol–water partition coefficient (Wildman–Crippen LogP) is 9.72. The molecular weight excluding hydrogens is 673 g/mol. The molecule has 0 aliphatic carbocycles. The summed E-state index contributed by atoms with van der Waals surface area (Å²) in [5.74, 6) is -2.38. The summed E-state index contributed by atoms with van der Waals surface area (Å²) in [6.07, 6.45) is 32.8. The van der Waals surface area contributed by atoms with Crippen LogP contribution in [0.5, 0.6) is 0 Å². The van der Waals surface area contributed by atoms with E-state index in [2.05, 4.69) is 31.3 Å². The minimum absolute atomic E-state index is 0.148. The van der Waals surface area contributed by atoms with Gasteiger partial charge in [0.2, 0.25) is 5.91 Å². The number of hydrogen-bond donors (Lipinski definition) is 4. The topological polar surface area (TPSA) is 169 Å². The summed E-state index contributed by atoms with van der Waals surface area (Å²) in [6, 6.07) is -1.54. The number of ether oxygens (including phenoxy) is 1. The molecule has 0 fully saturated rings. The summed E-state index contributed by atoms with van der Waals surface area (Å²) in [7, 11) is -4.74. The Balaban J connectivity index is 3.85. The first-order chi connectivity index (χ1) is 24.6. The number of hydrogen-bond acceptors (Lipinski definition) is 8. The molecule has 0 saturated heterocycles. The van der Waals surface area contributed by atoms with Crippen molar-refractivity contribution in [3.8, 4) is 0 Å². The third-order valence-electron chi connectivity index (χ3n) is 8.80. The molecule has 0 saturated carbocycles. The molecule has 300 valence electrons. The smallest absolute Gasteiger partial charge is 0.472 e. The number of carboxylic acids is 1. The van der Waals surface area contributed by atoms with Crippen LogP contribution < -0.4 is 5.32 Å². The maximum Gasteiger partial charge on any atom is 0.472 e. The normalized spacial score (nSPS) is 14.0. The van der Waals surface area contributed by atoms with Crippen LogP contribution in [0.2, 0.25) is 0 Å². The molecule has 11 nitrogen and oxygen atoms in total. The van der Waals surface area contributed by atoms with Crippen LogP contribution in [0, 0.1) is 0 Å². The second kappa shape index (κ2) is 35.3. The molecule has 0 aliphatic rings. The van der Waals surface area contributed by atoms with Gasteiger partial charge in [0, 0.05) is 12.8 Å². The van der Waals surface area contributed by atoms with Crippen molar-refractivity contribution in [2.45, 2.75) is 199 Å². The molecule has 12 heteroatoms. The van der Waals surface area contributed by atoms with Crippen LogP contribution in [0.25, 0.3) is 0 Å². The zero-order valence-electron chi connectivity index (χ0n) is 32.2. The Morgan fingerprint density at radius 1 is 0.608 bits per heavy atom. The molecule has 1 amide bonds. The van der Waals surface area contributed by atoms with E-state index in [0.29, 0.717) is 12.8 Å². The molecule has 0 bridgehead atoms. The van der Waals surface area contributed by atoms with Crippen molar-refractivity contribution in [1.29, 1.82) is 0 Å². The van der Waals surface area contributed by atoms with E-state index in [-0.39, 0.29) is 12.8 Å². The fraction of sp³-hybridized carbons (Fsp3) is 0.872. The highest BCUT2D eigenvalue weighted by atomic mass is 31.2. The lowest BCUT2D eigenvalue weighted by Gasteiger charge is -2.18. The van der Waals surface area contributed by atoms with Crippen molar-refractivity contribution < 1.29 is 47.8 Å². The van der Waals surface area contributed by atoms with Gasteiger partial charge in [0.15, 0.2) is 6.04 Å². The van der Waals surface area contributed by atoms with Gasteiger partial charge in [-0.2, -0.15) is 0 Å². The first-order valence-corrected chi connectivity index (χ1v) is 21.7. The summed E-state index contributed by atoms with van der Waals surface area (Å²) in [5, 5.41) is 21.7. The first-order valence-electron chi connectivity index (χ1n) is 20.2. The van der Waals surface area contributed by atoms with Crippen LogP contribution in [0.3, 0.4) is 0 Å². The van der Waals surface area contributed by atoms with Gasteiger partial charge in [-0.25, -0.2) is 9.36 Å². The zero-order valence-corrected chi connectivity index (χ0v) is 33.1. The Morgan fingerprint density at radius 2 is 1.02 bits per heavy atom. The third kappa shape index (κ3) is 35.0. The van der Waals surface area contributed by atoms with Crippen molar-refractivity contribution in [1.82, 2.24) is 5.32 Å². The van der Waals surface area contributed by atoms with Gasteiger partial charge in [-0.1, -0.05) is 148 Å². The molecule has 3 atom stereocenters. The van der Waals surface area contributed by atoms with E-state index < -0.39 is 57.6 Å². The summed E-state index contributed by atoms with van der Waals surface area (Å²) < 4.78 is 26.6. The third-order valence-corrected chi connectivity index (χ3v) is 9.76. The van der Waals surface area contributed by atoms with Crippen LogP contribution in [0.4, 0.5) is 0 Å². The van der Waals surface area contributed by atoms with E-state index in [9.17, 15) is 34.1 Å². The molecule has 0 heterocycles. The Labute approximate surface area is 309 Å². The number of nitrogens with one attached hydrogen (secondary N) is 1. The van der Waals surface area contributed by atoms with Crippen LogP contribution in [-0.4, -0.2) is 64.9 Å². The van der Waals surface area contributed by atoms with Crippen molar-refractivity contribution in [2.24, 2.45) is 0 Å². The van der Waals surface area contributed by atoms with Crippen LogP contribution in [-0.2, 0) is 32.7 Å². The molecule has 0 aromatic heterocycles. The van der Waals surface area contributed by atoms with E-state index >= 15 is 0 Å². The Morgan fingerprint density at radius 3 is 1.49 bits per heavy atom. The maximum atomic E-state index is 12.3. The molecule has 0 spiro atoms. The number of carboxylic acid groups (broad SMARTS) is 1. The van der Waals surface area contributed by atoms with Crippen LogP contribution in [0.15, 0.2) is 12.2 Å². The molecule has 0 rings (SSSR count). The fourth-order valence-electron chi connectivity index (χ4n) is 5.60. The van der Waals surface area contributed by atoms with E-state index in [1.807, 2.05) is 0 Å². The van der Waals surface area contributed by atoms with Crippen LogP contribution >= 0.6 is 7.82 Å². The SMILES string of the molecule is CCCCCCCC/C=C/CCCCCCCCCCCCCC(=O)NC(COP(=O)(O)OCC(O)COC(=O)CCCCCCCC)C(=O)O. The van der Waals surface area contributed by atoms with Gasteiger partial charge >= 0.3 is 19.8 Å². The zero-order chi connectivity index (χ0) is 37.8. The number of phosphoric acid groups is 1. The lowest BCUT2D eigenvalue weighted by atomic mass is 10.0. The lowest BCUT2D eigenvalue weighted by Crippen LogP contribution is -2.43. The summed E-state index contributed by atoms with van der Waals surface area (Å²) in [5.41, 5.74) is 0. The average Bonchev–Trinajstić information content (AvgIpc) is 3.10. The summed E-state index contributed by atoms with van der Waals surface area (Å²) in [6.45, 7) is 2.50. The van der Waals surface area contributed by atoms with Crippen molar-refractivity contribution in [3.63, 3.8) is 0 Å². The monoisotopic (exact) mass is 748 g/mol. The molecule has 4 N–H and O–H groups in total. The molecule has 3 unspecified atom stereocenters. The molecule has 0 aromatic carbocycles. The number of esters is 1. The Kier molecular flexibility index (Phi) is 34.0. The van der Waals surface area contributed by atoms with Gasteiger partial charge in [0.25, 0.3) is 0 Å². The van der Waals surface area contributed by atoms with Crippen molar-refractivity contribution in [2.75, 3.05) is 19.8 Å². The fourth-order valence-corrected chi connectivity index (χ4v) is 6.38. The minimum atomic E-state index is -4.74. The van der Waals surface area contributed by atoms with E-state index in [0.717, 1.165) is 44.9 Å². The molecule has 51 heavy (non-hydrogen) atoms. The number of rotatable bonds is 38. The number of amides is 1. The van der Waals surface area contributed by atoms with Gasteiger partial charge in [0.05, 0.1) is 13.2 Å². The van der Waals surface area contributed by atoms with Gasteiger partial charge in [-0.3, -0.25) is 18.6 Å². The number of aliphatic hydroxyl groups is 1. The largest absolute Gasteiger partial charge is 0.480 e. The molecule has 0 aliphatic heterocycles. The number of allylic oxidation sites excluding steroid dienone is 2. The molecule has 0 aromatic rings. The number of carbonyl (C=O) groups is 3. The standard InChI is InChI=1S/C39H74NO10P/c1-3-5-7-9-11-12-13-14-15-16-17-18-19-20-21-22-23-24-25-26-28-30-37(42)40-36(39(44)45)34-50-51(46,47)49-33-35(41)32-48-38(43)31-29-27-10-8-6-4-2/h14-15,35-36,41H,3-13,16-34H2,1-2H3,(H,40,42)(H,44,45)(H,46,47)/b15-14+. The minimum Gasteiger partial charge on any atom is -0.480 e. The number of aliphatic hydroxyl groups excluding tert-OH is 1. The quantitative estimate of drug-likeness (QED) is 0.0206. The van der Waals surface area contributed by atoms with Gasteiger partial charge in [0.1, 0.15) is 12.7 Å². The number of carbonyl (C=O) groups excluding carboxylic acids is 2. The second-order valence-corrected chi connectivity index (χ2v) is 15.3. The first kappa shape index (κ1) is 49.2. The average molecular weight is 748 g/mol. The van der Waals surface area contributed by atoms with E-state index in [1.165, 1.54) is 103 Å². The molecular formula is C39H74NO10P. The maximum absolute atomic E-state index is 12.3. The highest BCUT2D eigenvalue weighted by molar-refractivity contribution is 7.47. The lowest BCUT2D eigenvalue weighted by molar-refractivity contribution is -0.147. The number of phosphoric ester groups is 1. The highest BCUT2D eigenvalue weighted by Crippen LogP contribution is 2.43. The van der Waals surface area contributed by atoms with Gasteiger partial charge in [-0.05, 0) is 38.5 Å². The number of aliphatic carboxylic acids is 1. The number of unbranched alkanes of at least 4 members (excludes halogenated alkanes) is 22. The van der Waals surface area contributed by atoms with E-state index in [4.69, 9.17) is 13.8 Å².